The highest BCUT2D eigenvalue weighted by molar-refractivity contribution is 5.17. The van der Waals surface area contributed by atoms with Gasteiger partial charge in [-0.25, -0.2) is 0 Å². The van der Waals surface area contributed by atoms with Crippen LogP contribution < -0.4 is 0 Å². The average molecular weight is 239 g/mol. The smallest absolute Gasteiger partial charge is 0.124 e. The van der Waals surface area contributed by atoms with Crippen molar-refractivity contribution in [3.63, 3.8) is 0 Å². The Hall–Kier alpha value is -0.120. The largest absolute Gasteiger partial charge is 0.379 e. The standard InChI is InChI=1S/C14H25NO2/c1-12(2)11-4-5-13(12,3)14(16,10-11)15-6-8-17-9-7-15/h11,16H,4-10H2,1-3H3. The van der Waals surface area contributed by atoms with Crippen LogP contribution in [0.2, 0.25) is 0 Å². The van der Waals surface area contributed by atoms with E-state index < -0.39 is 5.72 Å². The van der Waals surface area contributed by atoms with Crippen LogP contribution in [0.5, 0.6) is 0 Å². The van der Waals surface area contributed by atoms with Crippen molar-refractivity contribution in [3.8, 4) is 0 Å². The molecule has 0 aromatic rings. The van der Waals surface area contributed by atoms with Crippen molar-refractivity contribution in [3.05, 3.63) is 0 Å². The molecule has 2 bridgehead atoms. The second-order valence-electron chi connectivity index (χ2n) is 6.91. The van der Waals surface area contributed by atoms with Gasteiger partial charge >= 0.3 is 0 Å². The fraction of sp³-hybridized carbons (Fsp3) is 1.00. The fourth-order valence-corrected chi connectivity index (χ4v) is 4.65. The Morgan fingerprint density at radius 3 is 2.29 bits per heavy atom. The predicted molar refractivity (Wildman–Crippen MR) is 66.6 cm³/mol. The first-order valence-corrected chi connectivity index (χ1v) is 6.97. The van der Waals surface area contributed by atoms with Crippen molar-refractivity contribution in [2.75, 3.05) is 26.3 Å². The van der Waals surface area contributed by atoms with Crippen molar-refractivity contribution in [2.45, 2.75) is 45.8 Å². The first-order valence-electron chi connectivity index (χ1n) is 6.97. The Morgan fingerprint density at radius 2 is 1.82 bits per heavy atom. The number of aliphatic hydroxyl groups is 1. The zero-order valence-electron chi connectivity index (χ0n) is 11.3. The summed E-state index contributed by atoms with van der Waals surface area (Å²) >= 11 is 0. The third-order valence-electron chi connectivity index (χ3n) is 6.38. The molecule has 0 aromatic heterocycles. The van der Waals surface area contributed by atoms with E-state index >= 15 is 0 Å². The summed E-state index contributed by atoms with van der Waals surface area (Å²) in [5, 5.41) is 11.3. The molecular weight excluding hydrogens is 214 g/mol. The van der Waals surface area contributed by atoms with Gasteiger partial charge in [0.2, 0.25) is 0 Å². The van der Waals surface area contributed by atoms with Crippen LogP contribution in [0.25, 0.3) is 0 Å². The lowest BCUT2D eigenvalue weighted by molar-refractivity contribution is -0.213. The van der Waals surface area contributed by atoms with Crippen LogP contribution in [0, 0.1) is 16.7 Å². The van der Waals surface area contributed by atoms with Crippen LogP contribution in [0.15, 0.2) is 0 Å². The second kappa shape index (κ2) is 3.46. The second-order valence-corrected chi connectivity index (χ2v) is 6.91. The van der Waals surface area contributed by atoms with E-state index in [4.69, 9.17) is 4.74 Å². The van der Waals surface area contributed by atoms with E-state index in [0.717, 1.165) is 32.7 Å². The van der Waals surface area contributed by atoms with Crippen molar-refractivity contribution in [1.29, 1.82) is 0 Å². The fourth-order valence-electron chi connectivity index (χ4n) is 4.65. The van der Waals surface area contributed by atoms with E-state index in [1.807, 2.05) is 0 Å². The molecular formula is C14H25NO2. The molecule has 2 saturated carbocycles. The summed E-state index contributed by atoms with van der Waals surface area (Å²) in [4.78, 5) is 2.29. The lowest BCUT2D eigenvalue weighted by Gasteiger charge is -2.52. The molecule has 2 aliphatic carbocycles. The Bertz CT molecular complexity index is 324. The van der Waals surface area contributed by atoms with Crippen molar-refractivity contribution < 1.29 is 9.84 Å². The number of morpholine rings is 1. The summed E-state index contributed by atoms with van der Waals surface area (Å²) in [5.41, 5.74) is -0.286. The molecule has 17 heavy (non-hydrogen) atoms. The molecule has 3 fully saturated rings. The molecule has 3 aliphatic rings. The summed E-state index contributed by atoms with van der Waals surface area (Å²) in [6.07, 6.45) is 3.41. The van der Waals surface area contributed by atoms with Gasteiger partial charge in [-0.15, -0.1) is 0 Å². The van der Waals surface area contributed by atoms with Crippen molar-refractivity contribution in [1.82, 2.24) is 4.90 Å². The highest BCUT2D eigenvalue weighted by Crippen LogP contribution is 2.70. The normalized spacial score (nSPS) is 49.8. The van der Waals surface area contributed by atoms with Gasteiger partial charge in [0.05, 0.1) is 13.2 Å². The number of ether oxygens (including phenoxy) is 1. The van der Waals surface area contributed by atoms with Gasteiger partial charge in [0.25, 0.3) is 0 Å². The molecule has 0 radical (unpaired) electrons. The van der Waals surface area contributed by atoms with Crippen LogP contribution in [0.4, 0.5) is 0 Å². The van der Waals surface area contributed by atoms with Crippen LogP contribution in [-0.2, 0) is 4.74 Å². The van der Waals surface area contributed by atoms with E-state index in [9.17, 15) is 5.11 Å². The molecule has 3 nitrogen and oxygen atoms in total. The minimum absolute atomic E-state index is 0.0437. The summed E-state index contributed by atoms with van der Waals surface area (Å²) in [6, 6.07) is 0. The highest BCUT2D eigenvalue weighted by atomic mass is 16.5. The van der Waals surface area contributed by atoms with Crippen molar-refractivity contribution in [2.24, 2.45) is 16.7 Å². The van der Waals surface area contributed by atoms with Gasteiger partial charge in [-0.05, 0) is 30.6 Å². The molecule has 3 unspecified atom stereocenters. The maximum atomic E-state index is 11.3. The predicted octanol–water partition coefficient (Wildman–Crippen LogP) is 1.85. The maximum Gasteiger partial charge on any atom is 0.124 e. The van der Waals surface area contributed by atoms with Gasteiger partial charge in [0.1, 0.15) is 5.72 Å². The molecule has 0 spiro atoms. The monoisotopic (exact) mass is 239 g/mol. The Labute approximate surface area is 104 Å². The van der Waals surface area contributed by atoms with Crippen LogP contribution in [0.3, 0.4) is 0 Å². The number of hydrogen-bond acceptors (Lipinski definition) is 3. The molecule has 1 N–H and O–H groups in total. The average Bonchev–Trinajstić information content (AvgIpc) is 2.62. The maximum absolute atomic E-state index is 11.3. The molecule has 1 aliphatic heterocycles. The van der Waals surface area contributed by atoms with Gasteiger partial charge in [-0.1, -0.05) is 20.8 Å². The molecule has 1 saturated heterocycles. The number of hydrogen-bond donors (Lipinski definition) is 1. The molecule has 3 heteroatoms. The summed E-state index contributed by atoms with van der Waals surface area (Å²) in [7, 11) is 0. The topological polar surface area (TPSA) is 32.7 Å². The van der Waals surface area contributed by atoms with Gasteiger partial charge < -0.3 is 9.84 Å². The van der Waals surface area contributed by atoms with Crippen molar-refractivity contribution >= 4 is 0 Å². The van der Waals surface area contributed by atoms with E-state index in [0.29, 0.717) is 5.92 Å². The van der Waals surface area contributed by atoms with Crippen LogP contribution in [-0.4, -0.2) is 42.0 Å². The number of fused-ring (bicyclic) bond motifs is 2. The van der Waals surface area contributed by atoms with E-state index in [-0.39, 0.29) is 10.8 Å². The van der Waals surface area contributed by atoms with Gasteiger partial charge in [-0.3, -0.25) is 4.90 Å². The Morgan fingerprint density at radius 1 is 1.18 bits per heavy atom. The molecule has 0 amide bonds. The number of nitrogens with zero attached hydrogens (tertiary/aromatic N) is 1. The lowest BCUT2D eigenvalue weighted by Crippen LogP contribution is -2.61. The lowest BCUT2D eigenvalue weighted by atomic mass is 9.67. The number of rotatable bonds is 1. The van der Waals surface area contributed by atoms with E-state index in [1.54, 1.807) is 0 Å². The zero-order chi connectivity index (χ0) is 12.3. The summed E-state index contributed by atoms with van der Waals surface area (Å²) in [5.74, 6) is 0.681. The summed E-state index contributed by atoms with van der Waals surface area (Å²) < 4.78 is 5.42. The molecule has 3 rings (SSSR count). The quantitative estimate of drug-likeness (QED) is 0.758. The molecule has 1 heterocycles. The van der Waals surface area contributed by atoms with Gasteiger partial charge in [0.15, 0.2) is 0 Å². The Balaban J connectivity index is 1.93. The third kappa shape index (κ3) is 1.28. The van der Waals surface area contributed by atoms with Crippen LogP contribution in [0.1, 0.15) is 40.0 Å². The highest BCUT2D eigenvalue weighted by Gasteiger charge is 2.70. The first kappa shape index (κ1) is 11.9. The van der Waals surface area contributed by atoms with Gasteiger partial charge in [-0.2, -0.15) is 0 Å². The zero-order valence-corrected chi connectivity index (χ0v) is 11.3. The Kier molecular flexibility index (Phi) is 2.43. The molecule has 3 atom stereocenters. The minimum Gasteiger partial charge on any atom is -0.379 e. The van der Waals surface area contributed by atoms with Crippen LogP contribution >= 0.6 is 0 Å². The van der Waals surface area contributed by atoms with E-state index in [1.165, 1.54) is 12.8 Å². The first-order chi connectivity index (χ1) is 7.92. The third-order valence-corrected chi connectivity index (χ3v) is 6.38. The molecule has 98 valence electrons. The van der Waals surface area contributed by atoms with Gasteiger partial charge in [0, 0.05) is 18.5 Å². The summed E-state index contributed by atoms with van der Waals surface area (Å²) in [6.45, 7) is 10.3. The minimum atomic E-state index is -0.594. The van der Waals surface area contributed by atoms with E-state index in [2.05, 4.69) is 25.7 Å². The molecule has 0 aromatic carbocycles. The SMILES string of the molecule is CC1(C)C2CCC1(C)C(O)(N1CCOCC1)C2.